The number of piperidine rings is 1. The molecule has 2 aromatic rings. The van der Waals surface area contributed by atoms with Gasteiger partial charge >= 0.3 is 0 Å². The average Bonchev–Trinajstić information content (AvgIpc) is 3.24. The van der Waals surface area contributed by atoms with Crippen LogP contribution in [0, 0.1) is 5.92 Å². The highest BCUT2D eigenvalue weighted by atomic mass is 16.5. The third kappa shape index (κ3) is 4.24. The van der Waals surface area contributed by atoms with Gasteiger partial charge in [-0.05, 0) is 24.3 Å². The molecule has 2 heterocycles. The minimum atomic E-state index is -0.338. The Morgan fingerprint density at radius 3 is 2.12 bits per heavy atom. The topological polar surface area (TPSA) is 68.3 Å². The second kappa shape index (κ2) is 9.51. The first-order chi connectivity index (χ1) is 15.5. The third-order valence-electron chi connectivity index (χ3n) is 6.51. The van der Waals surface area contributed by atoms with E-state index in [0.29, 0.717) is 35.4 Å². The fourth-order valence-corrected chi connectivity index (χ4v) is 4.76. The number of benzene rings is 2. The predicted octanol–water partition coefficient (Wildman–Crippen LogP) is 3.47. The van der Waals surface area contributed by atoms with Crippen LogP contribution in [0.25, 0.3) is 0 Å². The Hall–Kier alpha value is -3.22. The van der Waals surface area contributed by atoms with E-state index in [4.69, 9.17) is 14.2 Å². The molecular weight excluding hydrogens is 408 g/mol. The van der Waals surface area contributed by atoms with Gasteiger partial charge in [-0.15, -0.1) is 0 Å². The number of hydrogen-bond donors (Lipinski definition) is 0. The van der Waals surface area contributed by atoms with Crippen molar-refractivity contribution in [2.45, 2.75) is 25.2 Å². The van der Waals surface area contributed by atoms with Gasteiger partial charge in [-0.1, -0.05) is 30.3 Å². The van der Waals surface area contributed by atoms with Gasteiger partial charge < -0.3 is 24.0 Å². The van der Waals surface area contributed by atoms with Crippen molar-refractivity contribution in [2.24, 2.45) is 5.92 Å². The zero-order valence-corrected chi connectivity index (χ0v) is 18.9. The Morgan fingerprint density at radius 2 is 1.56 bits per heavy atom. The molecule has 0 aromatic heterocycles. The number of anilines is 1. The molecule has 2 fully saturated rings. The van der Waals surface area contributed by atoms with E-state index in [1.165, 1.54) is 26.9 Å². The lowest BCUT2D eigenvalue weighted by Crippen LogP contribution is -2.42. The van der Waals surface area contributed by atoms with Crippen molar-refractivity contribution in [2.75, 3.05) is 45.9 Å². The summed E-state index contributed by atoms with van der Waals surface area (Å²) in [5, 5.41) is 0. The normalized spacial score (nSPS) is 19.2. The van der Waals surface area contributed by atoms with E-state index in [1.807, 2.05) is 11.0 Å². The summed E-state index contributed by atoms with van der Waals surface area (Å²) in [7, 11) is 4.62. The number of amides is 2. The smallest absolute Gasteiger partial charge is 0.228 e. The SMILES string of the molecule is COc1cc(N2CC(C(=O)N3CCC(c4ccccc4)CC3)CC2=O)cc(OC)c1OC. The summed E-state index contributed by atoms with van der Waals surface area (Å²) < 4.78 is 16.2. The lowest BCUT2D eigenvalue weighted by Gasteiger charge is -2.33. The van der Waals surface area contributed by atoms with E-state index in [-0.39, 0.29) is 24.2 Å². The molecule has 0 spiro atoms. The number of hydrogen-bond acceptors (Lipinski definition) is 5. The van der Waals surface area contributed by atoms with Gasteiger partial charge in [0.05, 0.1) is 32.9 Å². The fraction of sp³-hybridized carbons (Fsp3) is 0.440. The molecule has 2 aliphatic heterocycles. The maximum absolute atomic E-state index is 13.2. The predicted molar refractivity (Wildman–Crippen MR) is 122 cm³/mol. The van der Waals surface area contributed by atoms with Crippen LogP contribution in [0.1, 0.15) is 30.7 Å². The summed E-state index contributed by atoms with van der Waals surface area (Å²) in [5.74, 6) is 1.58. The first-order valence-corrected chi connectivity index (χ1v) is 11.0. The Bertz CT molecular complexity index is 945. The van der Waals surface area contributed by atoms with Crippen LogP contribution in [0.2, 0.25) is 0 Å². The molecule has 0 saturated carbocycles. The molecule has 7 heteroatoms. The maximum Gasteiger partial charge on any atom is 0.228 e. The second-order valence-corrected chi connectivity index (χ2v) is 8.30. The largest absolute Gasteiger partial charge is 0.493 e. The number of carbonyl (C=O) groups excluding carboxylic acids is 2. The van der Waals surface area contributed by atoms with Crippen molar-refractivity contribution in [3.63, 3.8) is 0 Å². The highest BCUT2D eigenvalue weighted by Crippen LogP contribution is 2.42. The van der Waals surface area contributed by atoms with Crippen molar-refractivity contribution in [3.05, 3.63) is 48.0 Å². The van der Waals surface area contributed by atoms with Gasteiger partial charge in [-0.25, -0.2) is 0 Å². The Labute approximate surface area is 188 Å². The molecule has 0 radical (unpaired) electrons. The summed E-state index contributed by atoms with van der Waals surface area (Å²) >= 11 is 0. The van der Waals surface area contributed by atoms with Crippen LogP contribution in [-0.2, 0) is 9.59 Å². The summed E-state index contributed by atoms with van der Waals surface area (Å²) in [4.78, 5) is 29.6. The standard InChI is InChI=1S/C25H30N2O5/c1-30-21-14-20(15-22(31-2)24(21)32-3)27-16-19(13-23(27)28)25(29)26-11-9-18(10-12-26)17-7-5-4-6-8-17/h4-8,14-15,18-19H,9-13,16H2,1-3H3. The van der Waals surface area contributed by atoms with Crippen molar-refractivity contribution in [1.29, 1.82) is 0 Å². The van der Waals surface area contributed by atoms with Gasteiger partial charge in [0.25, 0.3) is 0 Å². The quantitative estimate of drug-likeness (QED) is 0.691. The third-order valence-corrected chi connectivity index (χ3v) is 6.51. The lowest BCUT2D eigenvalue weighted by atomic mass is 9.89. The van der Waals surface area contributed by atoms with Crippen LogP contribution in [0.5, 0.6) is 17.2 Å². The molecule has 4 rings (SSSR count). The molecule has 7 nitrogen and oxygen atoms in total. The van der Waals surface area contributed by atoms with Crippen molar-refractivity contribution < 1.29 is 23.8 Å². The number of nitrogens with zero attached hydrogens (tertiary/aromatic N) is 2. The van der Waals surface area contributed by atoms with Crippen molar-refractivity contribution in [3.8, 4) is 17.2 Å². The summed E-state index contributed by atoms with van der Waals surface area (Å²) in [6.45, 7) is 1.81. The van der Waals surface area contributed by atoms with Gasteiger partial charge in [0.2, 0.25) is 17.6 Å². The molecule has 1 atom stereocenters. The van der Waals surface area contributed by atoms with Crippen LogP contribution < -0.4 is 19.1 Å². The van der Waals surface area contributed by atoms with E-state index in [2.05, 4.69) is 24.3 Å². The molecule has 2 amide bonds. The molecule has 0 aliphatic carbocycles. The number of methoxy groups -OCH3 is 3. The lowest BCUT2D eigenvalue weighted by molar-refractivity contribution is -0.136. The molecule has 32 heavy (non-hydrogen) atoms. The van der Waals surface area contributed by atoms with E-state index < -0.39 is 0 Å². The molecule has 0 bridgehead atoms. The van der Waals surface area contributed by atoms with Crippen LogP contribution >= 0.6 is 0 Å². The molecule has 2 aliphatic rings. The Balaban J connectivity index is 1.43. The zero-order chi connectivity index (χ0) is 22.7. The molecule has 170 valence electrons. The van der Waals surface area contributed by atoms with Gasteiger partial charge in [-0.2, -0.15) is 0 Å². The Kier molecular flexibility index (Phi) is 6.53. The van der Waals surface area contributed by atoms with Gasteiger partial charge in [0, 0.05) is 38.2 Å². The van der Waals surface area contributed by atoms with Gasteiger partial charge in [0.1, 0.15) is 0 Å². The van der Waals surface area contributed by atoms with Gasteiger partial charge in [-0.3, -0.25) is 9.59 Å². The number of carbonyl (C=O) groups is 2. The minimum absolute atomic E-state index is 0.0693. The van der Waals surface area contributed by atoms with Crippen LogP contribution in [-0.4, -0.2) is 57.7 Å². The first kappa shape index (κ1) is 22.0. The maximum atomic E-state index is 13.2. The van der Waals surface area contributed by atoms with Crippen LogP contribution in [0.3, 0.4) is 0 Å². The van der Waals surface area contributed by atoms with Crippen molar-refractivity contribution >= 4 is 17.5 Å². The molecular formula is C25H30N2O5. The second-order valence-electron chi connectivity index (χ2n) is 8.30. The summed E-state index contributed by atoms with van der Waals surface area (Å²) in [6, 6.07) is 14.0. The highest BCUT2D eigenvalue weighted by Gasteiger charge is 2.38. The zero-order valence-electron chi connectivity index (χ0n) is 18.9. The van der Waals surface area contributed by atoms with Crippen molar-refractivity contribution in [1.82, 2.24) is 4.90 Å². The Morgan fingerprint density at radius 1 is 0.938 bits per heavy atom. The summed E-state index contributed by atoms with van der Waals surface area (Å²) in [5.41, 5.74) is 1.98. The van der Waals surface area contributed by atoms with Crippen LogP contribution in [0.15, 0.2) is 42.5 Å². The molecule has 1 unspecified atom stereocenters. The fourth-order valence-electron chi connectivity index (χ4n) is 4.76. The molecule has 2 saturated heterocycles. The van der Waals surface area contributed by atoms with E-state index in [9.17, 15) is 9.59 Å². The average molecular weight is 439 g/mol. The monoisotopic (exact) mass is 438 g/mol. The van der Waals surface area contributed by atoms with Crippen LogP contribution in [0.4, 0.5) is 5.69 Å². The molecule has 2 aromatic carbocycles. The molecule has 0 N–H and O–H groups in total. The number of rotatable bonds is 6. The number of likely N-dealkylation sites (tertiary alicyclic amines) is 1. The van der Waals surface area contributed by atoms with E-state index in [0.717, 1.165) is 25.9 Å². The van der Waals surface area contributed by atoms with E-state index in [1.54, 1.807) is 17.0 Å². The van der Waals surface area contributed by atoms with Gasteiger partial charge in [0.15, 0.2) is 11.5 Å². The summed E-state index contributed by atoms with van der Waals surface area (Å²) in [6.07, 6.45) is 2.12. The highest BCUT2D eigenvalue weighted by molar-refractivity contribution is 6.00. The minimum Gasteiger partial charge on any atom is -0.493 e. The number of ether oxygens (including phenoxy) is 3. The first-order valence-electron chi connectivity index (χ1n) is 11.0. The van der Waals surface area contributed by atoms with E-state index >= 15 is 0 Å².